The summed E-state index contributed by atoms with van der Waals surface area (Å²) < 4.78 is 4.86. The van der Waals surface area contributed by atoms with Gasteiger partial charge in [0.1, 0.15) is 0 Å². The van der Waals surface area contributed by atoms with Crippen molar-refractivity contribution in [2.45, 2.75) is 20.3 Å². The second-order valence-corrected chi connectivity index (χ2v) is 2.37. The predicted molar refractivity (Wildman–Crippen MR) is 48.9 cm³/mol. The van der Waals surface area contributed by atoms with Gasteiger partial charge in [-0.05, 0) is 26.4 Å². The number of ether oxygens (including phenoxy) is 1. The number of esters is 1. The van der Waals surface area contributed by atoms with Crippen molar-refractivity contribution in [3.05, 3.63) is 12.2 Å². The Labute approximate surface area is 73.8 Å². The van der Waals surface area contributed by atoms with Crippen molar-refractivity contribution in [2.75, 3.05) is 19.7 Å². The van der Waals surface area contributed by atoms with Crippen molar-refractivity contribution < 1.29 is 9.53 Å². The van der Waals surface area contributed by atoms with Gasteiger partial charge in [0.15, 0.2) is 0 Å². The minimum atomic E-state index is -0.256. The second kappa shape index (κ2) is 8.27. The summed E-state index contributed by atoms with van der Waals surface area (Å²) in [5.41, 5.74) is 0. The van der Waals surface area contributed by atoms with Crippen LogP contribution in [0.15, 0.2) is 12.2 Å². The van der Waals surface area contributed by atoms with Gasteiger partial charge in [0, 0.05) is 6.08 Å². The van der Waals surface area contributed by atoms with Crippen LogP contribution in [0.25, 0.3) is 0 Å². The molecule has 0 aromatic rings. The molecule has 0 saturated heterocycles. The first-order valence-corrected chi connectivity index (χ1v) is 4.31. The fraction of sp³-hybridized carbons (Fsp3) is 0.667. The van der Waals surface area contributed by atoms with E-state index in [9.17, 15) is 4.79 Å². The van der Waals surface area contributed by atoms with E-state index in [1.807, 2.05) is 6.92 Å². The predicted octanol–water partition coefficient (Wildman–Crippen LogP) is 1.11. The van der Waals surface area contributed by atoms with Crippen LogP contribution >= 0.6 is 0 Å². The third-order valence-electron chi connectivity index (χ3n) is 1.29. The maximum Gasteiger partial charge on any atom is 0.330 e. The molecule has 3 nitrogen and oxygen atoms in total. The van der Waals surface area contributed by atoms with E-state index in [1.165, 1.54) is 6.08 Å². The summed E-state index contributed by atoms with van der Waals surface area (Å²) in [5, 5.41) is 3.14. The molecule has 70 valence electrons. The Bertz CT molecular complexity index is 143. The molecule has 0 heterocycles. The average molecular weight is 171 g/mol. The first-order valence-electron chi connectivity index (χ1n) is 4.31. The lowest BCUT2D eigenvalue weighted by Crippen LogP contribution is -2.16. The van der Waals surface area contributed by atoms with E-state index in [1.54, 1.807) is 13.0 Å². The zero-order valence-corrected chi connectivity index (χ0v) is 7.80. The van der Waals surface area contributed by atoms with Crippen molar-refractivity contribution in [3.63, 3.8) is 0 Å². The number of rotatable bonds is 6. The Morgan fingerprint density at radius 2 is 2.33 bits per heavy atom. The summed E-state index contributed by atoms with van der Waals surface area (Å²) in [6.07, 6.45) is 3.97. The van der Waals surface area contributed by atoms with Crippen molar-refractivity contribution in [1.82, 2.24) is 5.32 Å². The quantitative estimate of drug-likeness (QED) is 0.369. The van der Waals surface area contributed by atoms with Crippen LogP contribution in [0.3, 0.4) is 0 Å². The fourth-order valence-corrected chi connectivity index (χ4v) is 0.731. The first kappa shape index (κ1) is 11.2. The highest BCUT2D eigenvalue weighted by Gasteiger charge is 1.93. The van der Waals surface area contributed by atoms with Crippen LogP contribution in [0.5, 0.6) is 0 Å². The van der Waals surface area contributed by atoms with Crippen LogP contribution in [0.1, 0.15) is 20.3 Å². The number of carbonyl (C=O) groups is 1. The van der Waals surface area contributed by atoms with Gasteiger partial charge >= 0.3 is 5.97 Å². The highest BCUT2D eigenvalue weighted by atomic mass is 16.5. The summed E-state index contributed by atoms with van der Waals surface area (Å²) in [7, 11) is 0. The molecule has 0 aliphatic carbocycles. The van der Waals surface area contributed by atoms with E-state index in [4.69, 9.17) is 4.74 Å². The molecule has 12 heavy (non-hydrogen) atoms. The molecular formula is C9H17NO2. The molecule has 0 aromatic heterocycles. The molecule has 3 heteroatoms. The summed E-state index contributed by atoms with van der Waals surface area (Å²) in [5.74, 6) is -0.256. The Morgan fingerprint density at radius 3 is 2.92 bits per heavy atom. The molecular weight excluding hydrogens is 154 g/mol. The molecule has 1 N–H and O–H groups in total. The molecule has 0 saturated carbocycles. The van der Waals surface area contributed by atoms with Crippen molar-refractivity contribution in [1.29, 1.82) is 0 Å². The van der Waals surface area contributed by atoms with Crippen molar-refractivity contribution in [2.24, 2.45) is 0 Å². The topological polar surface area (TPSA) is 38.3 Å². The van der Waals surface area contributed by atoms with Crippen LogP contribution in [0.2, 0.25) is 0 Å². The molecule has 0 bridgehead atoms. The van der Waals surface area contributed by atoms with Gasteiger partial charge in [-0.1, -0.05) is 13.0 Å². The lowest BCUT2D eigenvalue weighted by Gasteiger charge is -2.01. The van der Waals surface area contributed by atoms with E-state index in [2.05, 4.69) is 5.32 Å². The van der Waals surface area contributed by atoms with Gasteiger partial charge in [0.05, 0.1) is 6.61 Å². The molecule has 0 atom stereocenters. The van der Waals surface area contributed by atoms with Gasteiger partial charge in [-0.2, -0.15) is 0 Å². The van der Waals surface area contributed by atoms with E-state index >= 15 is 0 Å². The molecule has 0 amide bonds. The third kappa shape index (κ3) is 7.28. The molecule has 0 radical (unpaired) electrons. The zero-order valence-electron chi connectivity index (χ0n) is 7.80. The van der Waals surface area contributed by atoms with Gasteiger partial charge < -0.3 is 10.1 Å². The van der Waals surface area contributed by atoms with E-state index in [-0.39, 0.29) is 5.97 Å². The average Bonchev–Trinajstić information content (AvgIpc) is 2.05. The first-order chi connectivity index (χ1) is 5.81. The second-order valence-electron chi connectivity index (χ2n) is 2.37. The molecule has 0 spiro atoms. The summed E-state index contributed by atoms with van der Waals surface area (Å²) in [4.78, 5) is 10.7. The van der Waals surface area contributed by atoms with E-state index < -0.39 is 0 Å². The van der Waals surface area contributed by atoms with E-state index in [0.29, 0.717) is 6.61 Å². The van der Waals surface area contributed by atoms with Gasteiger partial charge in [-0.25, -0.2) is 4.79 Å². The Balaban J connectivity index is 3.14. The maximum absolute atomic E-state index is 10.7. The smallest absolute Gasteiger partial charge is 0.330 e. The van der Waals surface area contributed by atoms with Crippen LogP contribution in [-0.4, -0.2) is 25.7 Å². The van der Waals surface area contributed by atoms with Crippen molar-refractivity contribution >= 4 is 5.97 Å². The monoisotopic (exact) mass is 171 g/mol. The molecule has 0 unspecified atom stereocenters. The molecule has 0 aromatic carbocycles. The Hall–Kier alpha value is -0.830. The molecule has 0 fully saturated rings. The standard InChI is InChI=1S/C9H17NO2/c1-3-6-9(11)12-8-5-7-10-4-2/h3,6,10H,4-5,7-8H2,1-2H3/b6-3+. The highest BCUT2D eigenvalue weighted by Crippen LogP contribution is 1.84. The summed E-state index contributed by atoms with van der Waals surface area (Å²) in [6.45, 7) is 6.20. The van der Waals surface area contributed by atoms with Gasteiger partial charge in [0.2, 0.25) is 0 Å². The van der Waals surface area contributed by atoms with E-state index in [0.717, 1.165) is 19.5 Å². The minimum Gasteiger partial charge on any atom is -0.462 e. The zero-order chi connectivity index (χ0) is 9.23. The normalized spacial score (nSPS) is 10.5. The lowest BCUT2D eigenvalue weighted by molar-refractivity contribution is -0.137. The Kier molecular flexibility index (Phi) is 7.70. The lowest BCUT2D eigenvalue weighted by atomic mass is 10.4. The van der Waals surface area contributed by atoms with Crippen LogP contribution in [0, 0.1) is 0 Å². The molecule has 0 aliphatic rings. The Morgan fingerprint density at radius 1 is 1.58 bits per heavy atom. The number of hydrogen-bond acceptors (Lipinski definition) is 3. The van der Waals surface area contributed by atoms with Gasteiger partial charge in [-0.3, -0.25) is 0 Å². The summed E-state index contributed by atoms with van der Waals surface area (Å²) >= 11 is 0. The molecule has 0 rings (SSSR count). The highest BCUT2D eigenvalue weighted by molar-refractivity contribution is 5.81. The molecule has 0 aliphatic heterocycles. The van der Waals surface area contributed by atoms with Crippen LogP contribution in [0.4, 0.5) is 0 Å². The maximum atomic E-state index is 10.7. The minimum absolute atomic E-state index is 0.256. The van der Waals surface area contributed by atoms with Crippen molar-refractivity contribution in [3.8, 4) is 0 Å². The number of hydrogen-bond donors (Lipinski definition) is 1. The number of nitrogens with one attached hydrogen (secondary N) is 1. The van der Waals surface area contributed by atoms with Gasteiger partial charge in [0.25, 0.3) is 0 Å². The fourth-order valence-electron chi connectivity index (χ4n) is 0.731. The van der Waals surface area contributed by atoms with Gasteiger partial charge in [-0.15, -0.1) is 0 Å². The summed E-state index contributed by atoms with van der Waals surface area (Å²) in [6, 6.07) is 0. The van der Waals surface area contributed by atoms with Crippen LogP contribution in [-0.2, 0) is 9.53 Å². The SMILES string of the molecule is C/C=C/C(=O)OCCCNCC. The largest absolute Gasteiger partial charge is 0.462 e. The number of carbonyl (C=O) groups excluding carboxylic acids is 1. The third-order valence-corrected chi connectivity index (χ3v) is 1.29. The number of allylic oxidation sites excluding steroid dienone is 1. The van der Waals surface area contributed by atoms with Crippen LogP contribution < -0.4 is 5.32 Å².